The molecule has 242 valence electrons. The van der Waals surface area contributed by atoms with Crippen molar-refractivity contribution >= 4 is 32.4 Å². The van der Waals surface area contributed by atoms with Crippen LogP contribution in [0.25, 0.3) is 33.3 Å². The molecule has 1 fully saturated rings. The molecule has 1 unspecified atom stereocenters. The van der Waals surface area contributed by atoms with Gasteiger partial charge in [-0.15, -0.1) is 0 Å². The van der Waals surface area contributed by atoms with Crippen LogP contribution < -0.4 is 20.5 Å². The number of hydrogen-bond donors (Lipinski definition) is 3. The molecule has 0 saturated carbocycles. The van der Waals surface area contributed by atoms with Gasteiger partial charge in [0, 0.05) is 36.1 Å². The van der Waals surface area contributed by atoms with E-state index in [-0.39, 0.29) is 23.3 Å². The molecule has 5 aromatic rings. The lowest BCUT2D eigenvalue weighted by Crippen LogP contribution is -2.21. The van der Waals surface area contributed by atoms with Crippen molar-refractivity contribution < 1.29 is 26.3 Å². The van der Waals surface area contributed by atoms with Crippen LogP contribution in [0.15, 0.2) is 61.1 Å². The molecular weight excluding hydrogens is 621 g/mol. The number of ether oxygens (including phenoxy) is 1. The van der Waals surface area contributed by atoms with Gasteiger partial charge < -0.3 is 15.8 Å². The van der Waals surface area contributed by atoms with E-state index in [0.717, 1.165) is 43.5 Å². The van der Waals surface area contributed by atoms with Crippen LogP contribution in [0.1, 0.15) is 43.9 Å². The summed E-state index contributed by atoms with van der Waals surface area (Å²) in [5.41, 5.74) is 10.0. The Balaban J connectivity index is 1.42. The summed E-state index contributed by atoms with van der Waals surface area (Å²) in [6, 6.07) is 10.2. The van der Waals surface area contributed by atoms with E-state index in [4.69, 9.17) is 15.6 Å². The highest BCUT2D eigenvalue weighted by atomic mass is 32.2. The Hall–Kier alpha value is -4.63. The molecule has 0 aliphatic carbocycles. The van der Waals surface area contributed by atoms with Crippen molar-refractivity contribution in [2.75, 3.05) is 23.5 Å². The third-order valence-corrected chi connectivity index (χ3v) is 9.08. The second kappa shape index (κ2) is 12.6. The largest absolute Gasteiger partial charge is 0.484 e. The fourth-order valence-corrected chi connectivity index (χ4v) is 6.30. The zero-order valence-electron chi connectivity index (χ0n) is 25.1. The monoisotopic (exact) mass is 654 g/mol. The van der Waals surface area contributed by atoms with Gasteiger partial charge >= 0.3 is 5.76 Å². The van der Waals surface area contributed by atoms with E-state index in [1.165, 1.54) is 42.5 Å². The summed E-state index contributed by atoms with van der Waals surface area (Å²) >= 11 is 0. The molecule has 11 nitrogen and oxygen atoms in total. The number of halogens is 3. The van der Waals surface area contributed by atoms with Gasteiger partial charge in [-0.2, -0.15) is 19.0 Å². The molecule has 3 aromatic heterocycles. The average Bonchev–Trinajstić information content (AvgIpc) is 3.55. The molecular formula is C31H33F3N8O3S. The van der Waals surface area contributed by atoms with Crippen molar-refractivity contribution in [3.05, 3.63) is 72.4 Å². The predicted molar refractivity (Wildman–Crippen MR) is 169 cm³/mol. The lowest BCUT2D eigenvalue weighted by Gasteiger charge is -2.19. The minimum Gasteiger partial charge on any atom is -0.484 e. The Kier molecular flexibility index (Phi) is 8.61. The van der Waals surface area contributed by atoms with Crippen molar-refractivity contribution in [1.29, 1.82) is 0 Å². The quantitative estimate of drug-likeness (QED) is 0.186. The fourth-order valence-electron chi connectivity index (χ4n) is 5.73. The highest BCUT2D eigenvalue weighted by molar-refractivity contribution is 7.93. The number of anilines is 2. The van der Waals surface area contributed by atoms with Crippen molar-refractivity contribution in [3.8, 4) is 28.1 Å². The molecule has 0 bridgehead atoms. The standard InChI is InChI=1S/C31H33F3N8O3S/c1-18(19-5-8-22(32)9-6-19)45-26-14-20(7-10-25(26)40-46(43,44)31(33)34)28-27-29(41(2)39-28)24(16-37-30(27)35)21-15-38-42(17-21)23-4-3-12-36-13-11-23/h5-10,14-18,23,31,36,40H,3-4,11-13H2,1-2H3,(H2,35,37)/t18-,23?/m0/s1. The Morgan fingerprint density at radius 1 is 1.09 bits per heavy atom. The Morgan fingerprint density at radius 3 is 2.63 bits per heavy atom. The first-order chi connectivity index (χ1) is 22.0. The van der Waals surface area contributed by atoms with Crippen molar-refractivity contribution in [3.63, 3.8) is 0 Å². The summed E-state index contributed by atoms with van der Waals surface area (Å²) in [6.07, 6.45) is 7.83. The average molecular weight is 655 g/mol. The number of nitrogens with two attached hydrogens (primary N) is 1. The van der Waals surface area contributed by atoms with E-state index in [1.54, 1.807) is 31.0 Å². The normalized spacial score (nSPS) is 16.4. The van der Waals surface area contributed by atoms with Crippen LogP contribution >= 0.6 is 0 Å². The maximum atomic E-state index is 13.5. The van der Waals surface area contributed by atoms with Crippen LogP contribution in [0.4, 0.5) is 24.7 Å². The number of sulfonamides is 1. The van der Waals surface area contributed by atoms with Gasteiger partial charge in [-0.25, -0.2) is 17.8 Å². The highest BCUT2D eigenvalue weighted by Gasteiger charge is 2.27. The van der Waals surface area contributed by atoms with Crippen molar-refractivity contribution in [2.45, 2.75) is 44.1 Å². The molecule has 0 amide bonds. The van der Waals surface area contributed by atoms with E-state index >= 15 is 0 Å². The van der Waals surface area contributed by atoms with Crippen LogP contribution in [-0.4, -0.2) is 51.8 Å². The van der Waals surface area contributed by atoms with Crippen molar-refractivity contribution in [2.24, 2.45) is 7.05 Å². The van der Waals surface area contributed by atoms with Gasteiger partial charge in [0.1, 0.15) is 29.2 Å². The number of nitrogens with zero attached hydrogens (tertiary/aromatic N) is 5. The van der Waals surface area contributed by atoms with Crippen molar-refractivity contribution in [1.82, 2.24) is 29.9 Å². The molecule has 2 atom stereocenters. The molecule has 0 spiro atoms. The van der Waals surface area contributed by atoms with Crippen LogP contribution in [0, 0.1) is 5.82 Å². The van der Waals surface area contributed by atoms with E-state index in [2.05, 4.69) is 15.4 Å². The number of aromatic nitrogens is 5. The number of aryl methyl sites for hydroxylation is 1. The second-order valence-corrected chi connectivity index (χ2v) is 12.9. The summed E-state index contributed by atoms with van der Waals surface area (Å²) in [5.74, 6) is -3.93. The van der Waals surface area contributed by atoms with E-state index in [1.807, 2.05) is 15.6 Å². The summed E-state index contributed by atoms with van der Waals surface area (Å²) in [4.78, 5) is 4.46. The summed E-state index contributed by atoms with van der Waals surface area (Å²) in [5, 5.41) is 13.4. The number of alkyl halides is 2. The minimum atomic E-state index is -5.01. The lowest BCUT2D eigenvalue weighted by atomic mass is 10.0. The zero-order chi connectivity index (χ0) is 32.6. The number of rotatable bonds is 9. The molecule has 1 aliphatic rings. The van der Waals surface area contributed by atoms with Gasteiger partial charge in [0.25, 0.3) is 10.0 Å². The molecule has 1 saturated heterocycles. The Morgan fingerprint density at radius 2 is 1.87 bits per heavy atom. The summed E-state index contributed by atoms with van der Waals surface area (Å²) in [7, 11) is -3.24. The zero-order valence-corrected chi connectivity index (χ0v) is 25.9. The minimum absolute atomic E-state index is 0.0424. The number of nitrogen functional groups attached to an aromatic ring is 1. The predicted octanol–water partition coefficient (Wildman–Crippen LogP) is 5.64. The molecule has 2 aromatic carbocycles. The molecule has 6 rings (SSSR count). The highest BCUT2D eigenvalue weighted by Crippen LogP contribution is 2.40. The molecule has 4 N–H and O–H groups in total. The molecule has 15 heteroatoms. The maximum absolute atomic E-state index is 13.5. The summed E-state index contributed by atoms with van der Waals surface area (Å²) in [6.45, 7) is 3.58. The first-order valence-electron chi connectivity index (χ1n) is 14.7. The first-order valence-corrected chi connectivity index (χ1v) is 16.3. The Labute approximate surface area is 263 Å². The lowest BCUT2D eigenvalue weighted by molar-refractivity contribution is 0.228. The summed E-state index contributed by atoms with van der Waals surface area (Å²) < 4.78 is 76.0. The maximum Gasteiger partial charge on any atom is 0.355 e. The molecule has 0 radical (unpaired) electrons. The van der Waals surface area contributed by atoms with Crippen LogP contribution in [0.5, 0.6) is 5.75 Å². The SMILES string of the molecule is C[C@H](Oc1cc(-c2nn(C)c3c(-c4cnn(C5CCCNCC5)c4)cnc(N)c23)ccc1NS(=O)(=O)C(F)F)c1ccc(F)cc1. The fraction of sp³-hybridized carbons (Fsp3) is 0.323. The van der Waals surface area contributed by atoms with E-state index < -0.39 is 27.7 Å². The number of pyridine rings is 1. The van der Waals surface area contributed by atoms with Gasteiger partial charge in [0.05, 0.1) is 28.8 Å². The van der Waals surface area contributed by atoms with E-state index in [9.17, 15) is 21.6 Å². The topological polar surface area (TPSA) is 142 Å². The molecule has 4 heterocycles. The first kappa shape index (κ1) is 31.4. The molecule has 46 heavy (non-hydrogen) atoms. The number of nitrogens with one attached hydrogen (secondary N) is 2. The number of fused-ring (bicyclic) bond motifs is 1. The number of benzene rings is 2. The van der Waals surface area contributed by atoms with Gasteiger partial charge in [-0.05, 0) is 69.1 Å². The van der Waals surface area contributed by atoms with Crippen LogP contribution in [-0.2, 0) is 17.1 Å². The van der Waals surface area contributed by atoms with Gasteiger partial charge in [0.15, 0.2) is 0 Å². The third kappa shape index (κ3) is 6.24. The number of hydrogen-bond acceptors (Lipinski definition) is 8. The van der Waals surface area contributed by atoms with Gasteiger partial charge in [0.2, 0.25) is 0 Å². The van der Waals surface area contributed by atoms with E-state index in [0.29, 0.717) is 27.7 Å². The third-order valence-electron chi connectivity index (χ3n) is 8.11. The van der Waals surface area contributed by atoms with Crippen LogP contribution in [0.2, 0.25) is 0 Å². The van der Waals surface area contributed by atoms with Crippen LogP contribution in [0.3, 0.4) is 0 Å². The van der Waals surface area contributed by atoms with Gasteiger partial charge in [-0.3, -0.25) is 14.1 Å². The van der Waals surface area contributed by atoms with Gasteiger partial charge in [-0.1, -0.05) is 18.2 Å². The Bertz CT molecular complexity index is 1970. The second-order valence-electron chi connectivity index (χ2n) is 11.2. The smallest absolute Gasteiger partial charge is 0.355 e. The molecule has 1 aliphatic heterocycles.